The number of hydrogen-bond acceptors (Lipinski definition) is 5. The Balaban J connectivity index is 1.73. The highest BCUT2D eigenvalue weighted by Crippen LogP contribution is 2.19. The molecule has 0 aliphatic heterocycles. The largest absolute Gasteiger partial charge is 0.457 e. The smallest absolute Gasteiger partial charge is 0.375 e. The minimum absolute atomic E-state index is 0.00427. The maximum absolute atomic E-state index is 13.0. The molecule has 0 fully saturated rings. The number of benzene rings is 1. The van der Waals surface area contributed by atoms with Crippen LogP contribution in [0.5, 0.6) is 0 Å². The van der Waals surface area contributed by atoms with Crippen LogP contribution in [0.25, 0.3) is 0 Å². The van der Waals surface area contributed by atoms with Crippen LogP contribution in [-0.4, -0.2) is 16.9 Å². The van der Waals surface area contributed by atoms with Crippen molar-refractivity contribution < 1.29 is 23.1 Å². The van der Waals surface area contributed by atoms with E-state index in [0.29, 0.717) is 11.1 Å². The fraction of sp³-hybridized carbons (Fsp3) is 0.105. The molecule has 2 aromatic heterocycles. The Morgan fingerprint density at radius 3 is 2.50 bits per heavy atom. The maximum Gasteiger partial charge on any atom is 0.375 e. The number of nitrogens with zero attached hydrogens (tertiary/aromatic N) is 1. The van der Waals surface area contributed by atoms with Gasteiger partial charge < -0.3 is 14.5 Å². The Morgan fingerprint density at radius 2 is 1.85 bits per heavy atom. The molecule has 1 aromatic carbocycles. The lowest BCUT2D eigenvalue weighted by Crippen LogP contribution is -2.31. The molecule has 2 heterocycles. The summed E-state index contributed by atoms with van der Waals surface area (Å²) in [5.74, 6) is -1.63. The summed E-state index contributed by atoms with van der Waals surface area (Å²) < 4.78 is 23.3. The van der Waals surface area contributed by atoms with E-state index in [1.165, 1.54) is 36.9 Å². The number of ether oxygens (including phenoxy) is 1. The van der Waals surface area contributed by atoms with Gasteiger partial charge in [0.1, 0.15) is 5.82 Å². The first-order valence-electron chi connectivity index (χ1n) is 7.80. The lowest BCUT2D eigenvalue weighted by molar-refractivity contribution is -0.130. The number of aromatic nitrogens is 1. The summed E-state index contributed by atoms with van der Waals surface area (Å²) in [6, 6.07) is 11.9. The van der Waals surface area contributed by atoms with Crippen LogP contribution in [0.1, 0.15) is 27.8 Å². The van der Waals surface area contributed by atoms with Crippen molar-refractivity contribution in [3.05, 3.63) is 89.9 Å². The summed E-state index contributed by atoms with van der Waals surface area (Å²) in [4.78, 5) is 28.6. The van der Waals surface area contributed by atoms with Crippen molar-refractivity contribution in [2.75, 3.05) is 0 Å². The molecule has 1 amide bonds. The molecule has 3 rings (SSSR count). The van der Waals surface area contributed by atoms with Crippen molar-refractivity contribution in [1.29, 1.82) is 0 Å². The number of hydrogen-bond donors (Lipinski definition) is 1. The van der Waals surface area contributed by atoms with Crippen molar-refractivity contribution >= 4 is 11.9 Å². The summed E-state index contributed by atoms with van der Waals surface area (Å²) in [6.07, 6.45) is 3.16. The molecule has 0 aliphatic rings. The first-order valence-corrected chi connectivity index (χ1v) is 7.80. The van der Waals surface area contributed by atoms with Crippen LogP contribution in [0.3, 0.4) is 0 Å². The molecule has 132 valence electrons. The Morgan fingerprint density at radius 1 is 1.12 bits per heavy atom. The lowest BCUT2D eigenvalue weighted by atomic mass is 10.1. The topological polar surface area (TPSA) is 81.4 Å². The molecule has 6 nitrogen and oxygen atoms in total. The molecule has 0 bridgehead atoms. The minimum atomic E-state index is -1.17. The van der Waals surface area contributed by atoms with Gasteiger partial charge in [-0.3, -0.25) is 9.78 Å². The van der Waals surface area contributed by atoms with Gasteiger partial charge in [-0.05, 0) is 42.0 Å². The number of carbonyl (C=O) groups is 2. The van der Waals surface area contributed by atoms with Gasteiger partial charge in [0.2, 0.25) is 11.9 Å². The fourth-order valence-corrected chi connectivity index (χ4v) is 2.26. The van der Waals surface area contributed by atoms with Crippen molar-refractivity contribution in [3.8, 4) is 0 Å². The van der Waals surface area contributed by atoms with Gasteiger partial charge in [-0.15, -0.1) is 0 Å². The molecule has 0 aliphatic carbocycles. The predicted molar refractivity (Wildman–Crippen MR) is 89.3 cm³/mol. The van der Waals surface area contributed by atoms with Crippen molar-refractivity contribution in [1.82, 2.24) is 10.3 Å². The van der Waals surface area contributed by atoms with Crippen LogP contribution in [0.2, 0.25) is 0 Å². The van der Waals surface area contributed by atoms with Gasteiger partial charge in [0.25, 0.3) is 5.91 Å². The SMILES string of the molecule is O=C(OC(C(=O)NCc1ccc(F)cc1)c1ccncc1)c1ccco1. The zero-order chi connectivity index (χ0) is 18.4. The molecule has 3 aromatic rings. The number of amides is 1. The Hall–Kier alpha value is -3.48. The quantitative estimate of drug-likeness (QED) is 0.688. The van der Waals surface area contributed by atoms with E-state index in [1.54, 1.807) is 30.3 Å². The molecule has 0 saturated heterocycles. The number of nitrogens with one attached hydrogen (secondary N) is 1. The van der Waals surface area contributed by atoms with Crippen LogP contribution in [0, 0.1) is 5.82 Å². The Kier molecular flexibility index (Phi) is 5.38. The molecule has 7 heteroatoms. The monoisotopic (exact) mass is 354 g/mol. The summed E-state index contributed by atoms with van der Waals surface area (Å²) in [6.45, 7) is 0.166. The van der Waals surface area contributed by atoms with Crippen molar-refractivity contribution in [3.63, 3.8) is 0 Å². The average molecular weight is 354 g/mol. The second-order valence-electron chi connectivity index (χ2n) is 5.39. The summed E-state index contributed by atoms with van der Waals surface area (Å²) in [5, 5.41) is 2.68. The number of furan rings is 1. The third-order valence-corrected chi connectivity index (χ3v) is 3.57. The lowest BCUT2D eigenvalue weighted by Gasteiger charge is -2.17. The molecule has 1 atom stereocenters. The normalized spacial score (nSPS) is 11.6. The predicted octanol–water partition coefficient (Wildman–Crippen LogP) is 3.03. The summed E-state index contributed by atoms with van der Waals surface area (Å²) in [7, 11) is 0. The summed E-state index contributed by atoms with van der Waals surface area (Å²) >= 11 is 0. The Bertz CT molecular complexity index is 864. The van der Waals surface area contributed by atoms with Crippen LogP contribution in [0.15, 0.2) is 71.6 Å². The van der Waals surface area contributed by atoms with Gasteiger partial charge in [-0.25, -0.2) is 9.18 Å². The van der Waals surface area contributed by atoms with Crippen LogP contribution in [0.4, 0.5) is 4.39 Å². The fourth-order valence-electron chi connectivity index (χ4n) is 2.26. The van der Waals surface area contributed by atoms with E-state index in [9.17, 15) is 14.0 Å². The highest BCUT2D eigenvalue weighted by Gasteiger charge is 2.26. The molecule has 0 radical (unpaired) electrons. The molecule has 0 spiro atoms. The molecule has 1 unspecified atom stereocenters. The Labute approximate surface area is 148 Å². The minimum Gasteiger partial charge on any atom is -0.457 e. The van der Waals surface area contributed by atoms with Crippen LogP contribution >= 0.6 is 0 Å². The number of esters is 1. The highest BCUT2D eigenvalue weighted by molar-refractivity contribution is 5.90. The van der Waals surface area contributed by atoms with E-state index in [-0.39, 0.29) is 18.1 Å². The third-order valence-electron chi connectivity index (χ3n) is 3.57. The summed E-state index contributed by atoms with van der Waals surface area (Å²) in [5.41, 5.74) is 1.18. The second kappa shape index (κ2) is 8.06. The first kappa shape index (κ1) is 17.3. The third kappa shape index (κ3) is 4.32. The van der Waals surface area contributed by atoms with Gasteiger partial charge in [-0.1, -0.05) is 12.1 Å². The number of halogens is 1. The molecular formula is C19H15FN2O4. The van der Waals surface area contributed by atoms with Crippen LogP contribution < -0.4 is 5.32 Å². The standard InChI is InChI=1S/C19H15FN2O4/c20-15-5-3-13(4-6-15)12-22-18(23)17(14-7-9-21-10-8-14)26-19(24)16-2-1-11-25-16/h1-11,17H,12H2,(H,22,23). The molecular weight excluding hydrogens is 339 g/mol. The zero-order valence-electron chi connectivity index (χ0n) is 13.6. The van der Waals surface area contributed by atoms with E-state index < -0.39 is 18.0 Å². The van der Waals surface area contributed by atoms with E-state index in [4.69, 9.17) is 9.15 Å². The molecule has 1 N–H and O–H groups in total. The zero-order valence-corrected chi connectivity index (χ0v) is 13.6. The maximum atomic E-state index is 13.0. The number of pyridine rings is 1. The van der Waals surface area contributed by atoms with E-state index in [0.717, 1.165) is 0 Å². The van der Waals surface area contributed by atoms with Crippen molar-refractivity contribution in [2.45, 2.75) is 12.6 Å². The van der Waals surface area contributed by atoms with E-state index in [1.807, 2.05) is 0 Å². The van der Waals surface area contributed by atoms with Gasteiger partial charge in [0.05, 0.1) is 6.26 Å². The van der Waals surface area contributed by atoms with E-state index >= 15 is 0 Å². The van der Waals surface area contributed by atoms with E-state index in [2.05, 4.69) is 10.3 Å². The molecule has 0 saturated carbocycles. The highest BCUT2D eigenvalue weighted by atomic mass is 19.1. The van der Waals surface area contributed by atoms with Crippen LogP contribution in [-0.2, 0) is 16.1 Å². The average Bonchev–Trinajstić information content (AvgIpc) is 3.21. The van der Waals surface area contributed by atoms with Gasteiger partial charge in [0.15, 0.2) is 0 Å². The second-order valence-corrected chi connectivity index (χ2v) is 5.39. The van der Waals surface area contributed by atoms with Crippen molar-refractivity contribution in [2.24, 2.45) is 0 Å². The van der Waals surface area contributed by atoms with Gasteiger partial charge in [0, 0.05) is 24.5 Å². The van der Waals surface area contributed by atoms with Gasteiger partial charge in [-0.2, -0.15) is 0 Å². The van der Waals surface area contributed by atoms with Gasteiger partial charge >= 0.3 is 5.97 Å². The number of rotatable bonds is 6. The first-order chi connectivity index (χ1) is 12.6. The number of carbonyl (C=O) groups excluding carboxylic acids is 2. The molecule has 26 heavy (non-hydrogen) atoms.